The summed E-state index contributed by atoms with van der Waals surface area (Å²) in [7, 11) is 1.82. The van der Waals surface area contributed by atoms with Gasteiger partial charge in [-0.15, -0.1) is 0 Å². The third-order valence-corrected chi connectivity index (χ3v) is 7.04. The average Bonchev–Trinajstić information content (AvgIpc) is 2.84. The number of nitrogens with one attached hydrogen (secondary N) is 1. The number of rotatable bonds is 9. The summed E-state index contributed by atoms with van der Waals surface area (Å²) in [4.78, 5) is -0.0847. The second-order valence-corrected chi connectivity index (χ2v) is 9.58. The predicted octanol–water partition coefficient (Wildman–Crippen LogP) is 5.70. The summed E-state index contributed by atoms with van der Waals surface area (Å²) in [5.74, 6) is 1.25. The van der Waals surface area contributed by atoms with E-state index in [9.17, 15) is 13.5 Å². The Kier molecular flexibility index (Phi) is 8.26. The zero-order valence-electron chi connectivity index (χ0n) is 19.3. The molecular weight excluding hydrogens is 517 g/mol. The van der Waals surface area contributed by atoms with Gasteiger partial charge in [0.2, 0.25) is 5.75 Å². The highest BCUT2D eigenvalue weighted by atomic mass is 35.5. The summed E-state index contributed by atoms with van der Waals surface area (Å²) >= 11 is 11.9. The zero-order valence-corrected chi connectivity index (χ0v) is 21.6. The van der Waals surface area contributed by atoms with Crippen LogP contribution in [0.15, 0.2) is 47.4 Å². The van der Waals surface area contributed by atoms with Crippen molar-refractivity contribution in [2.45, 2.75) is 4.90 Å². The SMILES string of the molecule is COc1cc(NS(=O)(=O)c2ccc(Cl)c(Cl)c2)c(C=Cc2cc(OC)c(OC)c(OC)c2)cc1O. The van der Waals surface area contributed by atoms with Crippen molar-refractivity contribution in [1.29, 1.82) is 0 Å². The number of benzene rings is 3. The van der Waals surface area contributed by atoms with Gasteiger partial charge in [-0.25, -0.2) is 8.42 Å². The Bertz CT molecular complexity index is 1350. The molecule has 0 atom stereocenters. The highest BCUT2D eigenvalue weighted by Crippen LogP contribution is 2.39. The quantitative estimate of drug-likeness (QED) is 0.265. The average molecular weight is 540 g/mol. The van der Waals surface area contributed by atoms with E-state index in [1.807, 2.05) is 0 Å². The minimum absolute atomic E-state index is 0.0847. The van der Waals surface area contributed by atoms with E-state index in [0.717, 1.165) is 0 Å². The molecule has 0 aliphatic carbocycles. The van der Waals surface area contributed by atoms with Crippen molar-refractivity contribution in [3.05, 3.63) is 63.6 Å². The summed E-state index contributed by atoms with van der Waals surface area (Å²) in [6, 6.07) is 10.2. The van der Waals surface area contributed by atoms with Gasteiger partial charge < -0.3 is 24.1 Å². The Morgan fingerprint density at radius 3 is 1.97 bits per heavy atom. The summed E-state index contributed by atoms with van der Waals surface area (Å²) in [6.45, 7) is 0. The first-order valence-corrected chi connectivity index (χ1v) is 12.2. The summed E-state index contributed by atoms with van der Waals surface area (Å²) < 4.78 is 49.8. The third kappa shape index (κ3) is 5.87. The van der Waals surface area contributed by atoms with Crippen molar-refractivity contribution in [3.8, 4) is 28.7 Å². The highest BCUT2D eigenvalue weighted by Gasteiger charge is 2.19. The molecule has 0 heterocycles. The molecule has 0 aliphatic rings. The minimum Gasteiger partial charge on any atom is -0.504 e. The molecule has 0 radical (unpaired) electrons. The van der Waals surface area contributed by atoms with Gasteiger partial charge in [0.25, 0.3) is 10.0 Å². The van der Waals surface area contributed by atoms with E-state index >= 15 is 0 Å². The van der Waals surface area contributed by atoms with E-state index in [4.69, 9.17) is 42.1 Å². The second-order valence-electron chi connectivity index (χ2n) is 7.08. The summed E-state index contributed by atoms with van der Waals surface area (Å²) in [5.41, 5.74) is 1.20. The van der Waals surface area contributed by atoms with Crippen LogP contribution in [-0.4, -0.2) is 42.0 Å². The lowest BCUT2D eigenvalue weighted by Gasteiger charge is -2.14. The zero-order chi connectivity index (χ0) is 25.8. The fourth-order valence-electron chi connectivity index (χ4n) is 3.21. The molecule has 2 N–H and O–H groups in total. The number of phenolic OH excluding ortho intramolecular Hbond substituents is 1. The van der Waals surface area contributed by atoms with Gasteiger partial charge in [-0.3, -0.25) is 4.72 Å². The van der Waals surface area contributed by atoms with E-state index in [2.05, 4.69) is 4.72 Å². The van der Waals surface area contributed by atoms with E-state index in [1.54, 1.807) is 24.3 Å². The third-order valence-electron chi connectivity index (χ3n) is 4.94. The van der Waals surface area contributed by atoms with E-state index in [1.165, 1.54) is 58.8 Å². The molecule has 0 aliphatic heterocycles. The molecular formula is C24H23Cl2NO7S. The Morgan fingerprint density at radius 1 is 0.800 bits per heavy atom. The number of halogens is 2. The molecule has 8 nitrogen and oxygen atoms in total. The number of hydrogen-bond donors (Lipinski definition) is 2. The fraction of sp³-hybridized carbons (Fsp3) is 0.167. The first-order valence-electron chi connectivity index (χ1n) is 10.0. The van der Waals surface area contributed by atoms with Crippen LogP contribution >= 0.6 is 23.2 Å². The normalized spacial score (nSPS) is 11.4. The van der Waals surface area contributed by atoms with Crippen molar-refractivity contribution in [2.75, 3.05) is 33.2 Å². The maximum Gasteiger partial charge on any atom is 0.261 e. The van der Waals surface area contributed by atoms with Crippen LogP contribution in [0.3, 0.4) is 0 Å². The number of aromatic hydroxyl groups is 1. The van der Waals surface area contributed by atoms with Gasteiger partial charge in [-0.1, -0.05) is 35.4 Å². The van der Waals surface area contributed by atoms with Crippen LogP contribution in [0, 0.1) is 0 Å². The smallest absolute Gasteiger partial charge is 0.261 e. The van der Waals surface area contributed by atoms with Gasteiger partial charge in [0.05, 0.1) is 49.1 Å². The van der Waals surface area contributed by atoms with Crippen molar-refractivity contribution >= 4 is 51.1 Å². The first kappa shape index (κ1) is 26.3. The molecule has 0 unspecified atom stereocenters. The maximum atomic E-state index is 13.0. The minimum atomic E-state index is -4.05. The lowest BCUT2D eigenvalue weighted by atomic mass is 10.1. The van der Waals surface area contributed by atoms with Crippen LogP contribution in [0.1, 0.15) is 11.1 Å². The largest absolute Gasteiger partial charge is 0.504 e. The molecule has 35 heavy (non-hydrogen) atoms. The molecule has 11 heteroatoms. The monoisotopic (exact) mass is 539 g/mol. The standard InChI is InChI=1S/C24H23Cl2NO7S/c1-31-21-13-19(27-35(29,30)16-7-8-17(25)18(26)12-16)15(11-20(21)28)6-5-14-9-22(32-2)24(34-4)23(10-14)33-3/h5-13,27-28H,1-4H3. The van der Waals surface area contributed by atoms with Crippen LogP contribution in [0.4, 0.5) is 5.69 Å². The molecule has 3 rings (SSSR count). The van der Waals surface area contributed by atoms with Gasteiger partial charge in [0.1, 0.15) is 0 Å². The molecule has 0 saturated heterocycles. The van der Waals surface area contributed by atoms with E-state index in [-0.39, 0.29) is 32.1 Å². The number of hydrogen-bond acceptors (Lipinski definition) is 7. The van der Waals surface area contributed by atoms with Gasteiger partial charge in [-0.2, -0.15) is 0 Å². The topological polar surface area (TPSA) is 103 Å². The molecule has 0 spiro atoms. The lowest BCUT2D eigenvalue weighted by Crippen LogP contribution is -2.14. The first-order chi connectivity index (χ1) is 16.6. The Morgan fingerprint density at radius 2 is 1.43 bits per heavy atom. The van der Waals surface area contributed by atoms with Crippen LogP contribution in [-0.2, 0) is 10.0 Å². The number of sulfonamides is 1. The molecule has 0 amide bonds. The van der Waals surface area contributed by atoms with E-state index < -0.39 is 10.0 Å². The lowest BCUT2D eigenvalue weighted by molar-refractivity contribution is 0.324. The molecule has 3 aromatic rings. The molecule has 0 bridgehead atoms. The fourth-order valence-corrected chi connectivity index (χ4v) is 4.67. The highest BCUT2D eigenvalue weighted by molar-refractivity contribution is 7.92. The molecule has 0 saturated carbocycles. The van der Waals surface area contributed by atoms with Crippen molar-refractivity contribution in [1.82, 2.24) is 0 Å². The van der Waals surface area contributed by atoms with Gasteiger partial charge in [-0.05, 0) is 42.0 Å². The number of ether oxygens (including phenoxy) is 4. The summed E-state index contributed by atoms with van der Waals surface area (Å²) in [5, 5.41) is 10.6. The Balaban J connectivity index is 2.06. The van der Waals surface area contributed by atoms with Crippen molar-refractivity contribution in [2.24, 2.45) is 0 Å². The molecule has 3 aromatic carbocycles. The Hall–Kier alpha value is -3.27. The van der Waals surface area contributed by atoms with Crippen LogP contribution in [0.5, 0.6) is 28.7 Å². The number of methoxy groups -OCH3 is 4. The Labute approximate surface area is 213 Å². The van der Waals surface area contributed by atoms with Crippen molar-refractivity contribution < 1.29 is 32.5 Å². The van der Waals surface area contributed by atoms with Gasteiger partial charge in [0, 0.05) is 11.6 Å². The van der Waals surface area contributed by atoms with Gasteiger partial charge >= 0.3 is 0 Å². The molecule has 0 aromatic heterocycles. The second kappa shape index (κ2) is 11.0. The van der Waals surface area contributed by atoms with E-state index in [0.29, 0.717) is 28.4 Å². The van der Waals surface area contributed by atoms with Crippen molar-refractivity contribution in [3.63, 3.8) is 0 Å². The van der Waals surface area contributed by atoms with Crippen LogP contribution < -0.4 is 23.7 Å². The maximum absolute atomic E-state index is 13.0. The predicted molar refractivity (Wildman–Crippen MR) is 137 cm³/mol. The summed E-state index contributed by atoms with van der Waals surface area (Å²) in [6.07, 6.45) is 3.31. The number of anilines is 1. The molecule has 186 valence electrons. The van der Waals surface area contributed by atoms with Crippen LogP contribution in [0.2, 0.25) is 10.0 Å². The molecule has 0 fully saturated rings. The van der Waals surface area contributed by atoms with Gasteiger partial charge in [0.15, 0.2) is 23.0 Å². The van der Waals surface area contributed by atoms with Crippen LogP contribution in [0.25, 0.3) is 12.2 Å². The number of phenols is 1.